The third-order valence-corrected chi connectivity index (χ3v) is 7.03. The Bertz CT molecular complexity index is 758. The third kappa shape index (κ3) is 4.34. The predicted molar refractivity (Wildman–Crippen MR) is 104 cm³/mol. The Morgan fingerprint density at radius 1 is 1.19 bits per heavy atom. The Hall–Kier alpha value is -1.70. The van der Waals surface area contributed by atoms with Crippen molar-refractivity contribution in [3.05, 3.63) is 41.5 Å². The van der Waals surface area contributed by atoms with E-state index >= 15 is 0 Å². The van der Waals surface area contributed by atoms with Gasteiger partial charge in [-0.05, 0) is 38.8 Å². The van der Waals surface area contributed by atoms with Crippen molar-refractivity contribution < 1.29 is 13.2 Å². The van der Waals surface area contributed by atoms with Crippen LogP contribution in [-0.4, -0.2) is 62.3 Å². The van der Waals surface area contributed by atoms with E-state index in [0.29, 0.717) is 37.6 Å². The fourth-order valence-electron chi connectivity index (χ4n) is 3.52. The molecule has 2 rings (SSSR count). The summed E-state index contributed by atoms with van der Waals surface area (Å²) in [7, 11) is -3.53. The standard InChI is InChI=1S/C19H29N3O3S/c1-6-7-20-19(23)17(5)21-8-10-22(11-9-21)26(24,25)18-15(3)12-14(2)13-16(18)4/h6,12-13,17H,1,7-11H2,2-5H3,(H,20,23)/t17-/m0/s1. The van der Waals surface area contributed by atoms with E-state index in [1.807, 2.05) is 44.7 Å². The topological polar surface area (TPSA) is 69.7 Å². The second-order valence-corrected chi connectivity index (χ2v) is 8.75. The Morgan fingerprint density at radius 3 is 2.23 bits per heavy atom. The first-order valence-corrected chi connectivity index (χ1v) is 10.3. The van der Waals surface area contributed by atoms with Crippen molar-refractivity contribution in [2.75, 3.05) is 32.7 Å². The number of nitrogens with one attached hydrogen (secondary N) is 1. The summed E-state index contributed by atoms with van der Waals surface area (Å²) in [6.07, 6.45) is 1.64. The van der Waals surface area contributed by atoms with Crippen LogP contribution in [0.5, 0.6) is 0 Å². The second kappa shape index (κ2) is 8.33. The van der Waals surface area contributed by atoms with Gasteiger partial charge < -0.3 is 5.32 Å². The van der Waals surface area contributed by atoms with Crippen LogP contribution in [0.15, 0.2) is 29.7 Å². The highest BCUT2D eigenvalue weighted by molar-refractivity contribution is 7.89. The molecule has 26 heavy (non-hydrogen) atoms. The summed E-state index contributed by atoms with van der Waals surface area (Å²) in [4.78, 5) is 14.5. The summed E-state index contributed by atoms with van der Waals surface area (Å²) in [6, 6.07) is 3.52. The molecule has 1 aromatic carbocycles. The number of rotatable bonds is 6. The van der Waals surface area contributed by atoms with E-state index in [9.17, 15) is 13.2 Å². The summed E-state index contributed by atoms with van der Waals surface area (Å²) in [5, 5.41) is 2.79. The molecule has 1 aliphatic heterocycles. The number of amides is 1. The van der Waals surface area contributed by atoms with Crippen molar-refractivity contribution >= 4 is 15.9 Å². The van der Waals surface area contributed by atoms with Gasteiger partial charge in [0.25, 0.3) is 0 Å². The normalized spacial score (nSPS) is 17.7. The van der Waals surface area contributed by atoms with Crippen molar-refractivity contribution in [1.82, 2.24) is 14.5 Å². The summed E-state index contributed by atoms with van der Waals surface area (Å²) < 4.78 is 27.7. The molecule has 1 N–H and O–H groups in total. The fraction of sp³-hybridized carbons (Fsp3) is 0.526. The van der Waals surface area contributed by atoms with Gasteiger partial charge in [-0.3, -0.25) is 9.69 Å². The van der Waals surface area contributed by atoms with Crippen molar-refractivity contribution in [3.63, 3.8) is 0 Å². The van der Waals surface area contributed by atoms with Crippen molar-refractivity contribution in [3.8, 4) is 0 Å². The zero-order chi connectivity index (χ0) is 19.5. The lowest BCUT2D eigenvalue weighted by Gasteiger charge is -2.37. The van der Waals surface area contributed by atoms with Crippen LogP contribution in [0.3, 0.4) is 0 Å². The molecule has 0 aliphatic carbocycles. The maximum absolute atomic E-state index is 13.1. The quantitative estimate of drug-likeness (QED) is 0.763. The van der Waals surface area contributed by atoms with E-state index in [1.165, 1.54) is 4.31 Å². The first-order valence-electron chi connectivity index (χ1n) is 8.89. The number of hydrogen-bond acceptors (Lipinski definition) is 4. The molecule has 0 aromatic heterocycles. The second-order valence-electron chi connectivity index (χ2n) is 6.88. The van der Waals surface area contributed by atoms with Gasteiger partial charge in [-0.25, -0.2) is 8.42 Å². The van der Waals surface area contributed by atoms with Gasteiger partial charge in [0.05, 0.1) is 10.9 Å². The lowest BCUT2D eigenvalue weighted by atomic mass is 10.1. The van der Waals surface area contributed by atoms with Gasteiger partial charge >= 0.3 is 0 Å². The van der Waals surface area contributed by atoms with Crippen molar-refractivity contribution in [2.45, 2.75) is 38.6 Å². The van der Waals surface area contributed by atoms with Crippen LogP contribution in [0.2, 0.25) is 0 Å². The SMILES string of the molecule is C=CCNC(=O)[C@H](C)N1CCN(S(=O)(=O)c2c(C)cc(C)cc2C)CC1. The number of carbonyl (C=O) groups excluding carboxylic acids is 1. The zero-order valence-electron chi connectivity index (χ0n) is 16.1. The first kappa shape index (κ1) is 20.6. The highest BCUT2D eigenvalue weighted by atomic mass is 32.2. The molecule has 1 fully saturated rings. The lowest BCUT2D eigenvalue weighted by Crippen LogP contribution is -2.55. The molecular weight excluding hydrogens is 350 g/mol. The highest BCUT2D eigenvalue weighted by Gasteiger charge is 2.33. The number of nitrogens with zero attached hydrogens (tertiary/aromatic N) is 2. The summed E-state index contributed by atoms with van der Waals surface area (Å²) >= 11 is 0. The minimum absolute atomic E-state index is 0.0635. The van der Waals surface area contributed by atoms with E-state index in [-0.39, 0.29) is 11.9 Å². The Morgan fingerprint density at radius 2 is 1.73 bits per heavy atom. The number of piperazine rings is 1. The first-order chi connectivity index (χ1) is 12.2. The number of sulfonamides is 1. The van der Waals surface area contributed by atoms with Crippen LogP contribution >= 0.6 is 0 Å². The Kier molecular flexibility index (Phi) is 6.60. The average Bonchev–Trinajstić information content (AvgIpc) is 2.58. The maximum atomic E-state index is 13.1. The molecule has 0 radical (unpaired) electrons. The molecule has 6 nitrogen and oxygen atoms in total. The molecule has 1 aliphatic rings. The van der Waals surface area contributed by atoms with E-state index < -0.39 is 10.0 Å². The van der Waals surface area contributed by atoms with Crippen LogP contribution in [-0.2, 0) is 14.8 Å². The largest absolute Gasteiger partial charge is 0.351 e. The molecule has 0 unspecified atom stereocenters. The number of benzene rings is 1. The maximum Gasteiger partial charge on any atom is 0.243 e. The monoisotopic (exact) mass is 379 g/mol. The van der Waals surface area contributed by atoms with E-state index in [0.717, 1.165) is 16.7 Å². The van der Waals surface area contributed by atoms with Gasteiger partial charge in [-0.2, -0.15) is 4.31 Å². The van der Waals surface area contributed by atoms with E-state index in [1.54, 1.807) is 6.08 Å². The molecule has 1 saturated heterocycles. The van der Waals surface area contributed by atoms with Gasteiger partial charge in [0.2, 0.25) is 15.9 Å². The molecule has 7 heteroatoms. The zero-order valence-corrected chi connectivity index (χ0v) is 16.9. The molecule has 1 amide bonds. The summed E-state index contributed by atoms with van der Waals surface area (Å²) in [5.74, 6) is -0.0635. The third-order valence-electron chi connectivity index (χ3n) is 4.82. The molecule has 0 spiro atoms. The minimum atomic E-state index is -3.53. The van der Waals surface area contributed by atoms with Gasteiger partial charge in [0, 0.05) is 32.7 Å². The highest BCUT2D eigenvalue weighted by Crippen LogP contribution is 2.26. The van der Waals surface area contributed by atoms with Crippen LogP contribution < -0.4 is 5.32 Å². The van der Waals surface area contributed by atoms with Gasteiger partial charge in [-0.1, -0.05) is 23.8 Å². The van der Waals surface area contributed by atoms with Crippen LogP contribution in [0, 0.1) is 20.8 Å². The molecule has 1 atom stereocenters. The summed E-state index contributed by atoms with van der Waals surface area (Å²) in [6.45, 7) is 13.4. The number of hydrogen-bond donors (Lipinski definition) is 1. The van der Waals surface area contributed by atoms with Crippen molar-refractivity contribution in [1.29, 1.82) is 0 Å². The number of carbonyl (C=O) groups is 1. The van der Waals surface area contributed by atoms with Crippen LogP contribution in [0.1, 0.15) is 23.6 Å². The van der Waals surface area contributed by atoms with Crippen molar-refractivity contribution in [2.24, 2.45) is 0 Å². The average molecular weight is 380 g/mol. The smallest absolute Gasteiger partial charge is 0.243 e. The Balaban J connectivity index is 2.10. The summed E-state index contributed by atoms with van der Waals surface area (Å²) in [5.41, 5.74) is 2.62. The van der Waals surface area contributed by atoms with Gasteiger partial charge in [-0.15, -0.1) is 6.58 Å². The lowest BCUT2D eigenvalue weighted by molar-refractivity contribution is -0.126. The molecule has 1 heterocycles. The van der Waals surface area contributed by atoms with Crippen LogP contribution in [0.4, 0.5) is 0 Å². The van der Waals surface area contributed by atoms with E-state index in [2.05, 4.69) is 11.9 Å². The van der Waals surface area contributed by atoms with Gasteiger partial charge in [0.1, 0.15) is 0 Å². The minimum Gasteiger partial charge on any atom is -0.351 e. The van der Waals surface area contributed by atoms with E-state index in [4.69, 9.17) is 0 Å². The Labute approximate surface area is 156 Å². The molecule has 0 bridgehead atoms. The van der Waals surface area contributed by atoms with Crippen LogP contribution in [0.25, 0.3) is 0 Å². The molecular formula is C19H29N3O3S. The molecule has 1 aromatic rings. The predicted octanol–water partition coefficient (Wildman–Crippen LogP) is 1.61. The number of aryl methyl sites for hydroxylation is 3. The fourth-order valence-corrected chi connectivity index (χ4v) is 5.35. The molecule has 144 valence electrons. The van der Waals surface area contributed by atoms with Gasteiger partial charge in [0.15, 0.2) is 0 Å². The molecule has 0 saturated carbocycles.